The predicted molar refractivity (Wildman–Crippen MR) is 94.7 cm³/mol. The van der Waals surface area contributed by atoms with Crippen LogP contribution in [0.1, 0.15) is 37.5 Å². The minimum Gasteiger partial charge on any atom is -0.489 e. The zero-order chi connectivity index (χ0) is 16.0. The van der Waals surface area contributed by atoms with Gasteiger partial charge in [0.25, 0.3) is 0 Å². The van der Waals surface area contributed by atoms with Crippen LogP contribution in [0.2, 0.25) is 0 Å². The molecular formula is C20H23NO. The van der Waals surface area contributed by atoms with Crippen molar-refractivity contribution in [1.29, 1.82) is 0 Å². The molecule has 0 aromatic heterocycles. The van der Waals surface area contributed by atoms with Crippen LogP contribution >= 0.6 is 0 Å². The summed E-state index contributed by atoms with van der Waals surface area (Å²) < 4.78 is 5.80. The number of ether oxygens (including phenoxy) is 1. The van der Waals surface area contributed by atoms with E-state index in [9.17, 15) is 0 Å². The Balaban J connectivity index is 1.93. The largest absolute Gasteiger partial charge is 0.489 e. The van der Waals surface area contributed by atoms with E-state index in [-0.39, 0.29) is 5.54 Å². The maximum Gasteiger partial charge on any atom is 0.119 e. The van der Waals surface area contributed by atoms with Crippen LogP contribution in [0, 0.1) is 0 Å². The summed E-state index contributed by atoms with van der Waals surface area (Å²) in [5.41, 5.74) is 3.29. The van der Waals surface area contributed by atoms with E-state index in [4.69, 9.17) is 4.74 Å². The van der Waals surface area contributed by atoms with Gasteiger partial charge in [0.2, 0.25) is 0 Å². The Morgan fingerprint density at radius 2 is 1.55 bits per heavy atom. The molecule has 0 heterocycles. The molecule has 0 N–H and O–H groups in total. The van der Waals surface area contributed by atoms with Gasteiger partial charge in [-0.05, 0) is 61.7 Å². The highest BCUT2D eigenvalue weighted by atomic mass is 16.5. The molecule has 114 valence electrons. The van der Waals surface area contributed by atoms with E-state index in [2.05, 4.69) is 44.5 Å². The molecule has 22 heavy (non-hydrogen) atoms. The first-order chi connectivity index (χ1) is 10.5. The van der Waals surface area contributed by atoms with E-state index >= 15 is 0 Å². The summed E-state index contributed by atoms with van der Waals surface area (Å²) in [4.78, 5) is 4.49. The quantitative estimate of drug-likeness (QED) is 0.701. The van der Waals surface area contributed by atoms with Gasteiger partial charge in [-0.3, -0.25) is 4.99 Å². The maximum absolute atomic E-state index is 5.80. The second kappa shape index (κ2) is 7.08. The molecule has 0 spiro atoms. The molecule has 2 nitrogen and oxygen atoms in total. The minimum absolute atomic E-state index is 0.0488. The minimum atomic E-state index is -0.0488. The molecule has 0 aliphatic heterocycles. The van der Waals surface area contributed by atoms with Crippen molar-refractivity contribution in [2.45, 2.75) is 32.9 Å². The summed E-state index contributed by atoms with van der Waals surface area (Å²) in [7, 11) is 0. The van der Waals surface area contributed by atoms with Gasteiger partial charge in [-0.2, -0.15) is 0 Å². The van der Waals surface area contributed by atoms with Crippen molar-refractivity contribution in [1.82, 2.24) is 0 Å². The molecule has 0 saturated carbocycles. The second-order valence-electron chi connectivity index (χ2n) is 6.23. The first-order valence-electron chi connectivity index (χ1n) is 7.46. The van der Waals surface area contributed by atoms with Crippen LogP contribution in [0.3, 0.4) is 0 Å². The fraction of sp³-hybridized carbons (Fsp3) is 0.250. The van der Waals surface area contributed by atoms with Gasteiger partial charge in [-0.15, -0.1) is 0 Å². The Morgan fingerprint density at radius 1 is 0.955 bits per heavy atom. The topological polar surface area (TPSA) is 21.6 Å². The van der Waals surface area contributed by atoms with Crippen LogP contribution in [-0.2, 0) is 6.61 Å². The highest BCUT2D eigenvalue weighted by Crippen LogP contribution is 2.15. The standard InChI is InChI=1S/C20H23NO/c1-5-16-6-8-18(9-7-16)15-22-19-12-10-17(11-13-19)14-21-20(2,3)4/h5-14H,1,15H2,2-4H3/b21-14+. The van der Waals surface area contributed by atoms with Crippen LogP contribution in [0.5, 0.6) is 5.75 Å². The summed E-state index contributed by atoms with van der Waals surface area (Å²) in [6, 6.07) is 16.2. The van der Waals surface area contributed by atoms with Crippen molar-refractivity contribution in [3.05, 3.63) is 71.8 Å². The highest BCUT2D eigenvalue weighted by Gasteiger charge is 2.04. The number of benzene rings is 2. The number of rotatable bonds is 5. The Labute approximate surface area is 133 Å². The molecule has 2 heteroatoms. The lowest BCUT2D eigenvalue weighted by Crippen LogP contribution is -2.09. The first kappa shape index (κ1) is 16.0. The average molecular weight is 293 g/mol. The monoisotopic (exact) mass is 293 g/mol. The highest BCUT2D eigenvalue weighted by molar-refractivity contribution is 5.80. The zero-order valence-electron chi connectivity index (χ0n) is 13.5. The van der Waals surface area contributed by atoms with Crippen molar-refractivity contribution in [2.75, 3.05) is 0 Å². The third kappa shape index (κ3) is 5.21. The number of hydrogen-bond acceptors (Lipinski definition) is 2. The van der Waals surface area contributed by atoms with E-state index in [0.29, 0.717) is 6.61 Å². The van der Waals surface area contributed by atoms with Gasteiger partial charge in [-0.25, -0.2) is 0 Å². The second-order valence-corrected chi connectivity index (χ2v) is 6.23. The van der Waals surface area contributed by atoms with E-state index in [1.807, 2.05) is 48.7 Å². The normalized spacial score (nSPS) is 11.6. The van der Waals surface area contributed by atoms with Gasteiger partial charge in [0.15, 0.2) is 0 Å². The Kier molecular flexibility index (Phi) is 5.16. The van der Waals surface area contributed by atoms with Crippen molar-refractivity contribution in [3.63, 3.8) is 0 Å². The molecule has 0 bridgehead atoms. The molecule has 0 radical (unpaired) electrons. The van der Waals surface area contributed by atoms with Crippen molar-refractivity contribution < 1.29 is 4.74 Å². The molecule has 0 aliphatic carbocycles. The molecule has 2 aromatic carbocycles. The van der Waals surface area contributed by atoms with Gasteiger partial charge in [0, 0.05) is 6.21 Å². The number of hydrogen-bond donors (Lipinski definition) is 0. The summed E-state index contributed by atoms with van der Waals surface area (Å²) >= 11 is 0. The van der Waals surface area contributed by atoms with Crippen molar-refractivity contribution in [2.24, 2.45) is 4.99 Å². The molecule has 0 aliphatic rings. The number of aliphatic imine (C=N–C) groups is 1. The van der Waals surface area contributed by atoms with Gasteiger partial charge in [-0.1, -0.05) is 36.9 Å². The van der Waals surface area contributed by atoms with Crippen LogP contribution < -0.4 is 4.74 Å². The Morgan fingerprint density at radius 3 is 2.09 bits per heavy atom. The predicted octanol–water partition coefficient (Wildman–Crippen LogP) is 5.13. The number of nitrogens with zero attached hydrogens (tertiary/aromatic N) is 1. The molecule has 2 aromatic rings. The summed E-state index contributed by atoms with van der Waals surface area (Å²) in [6.45, 7) is 10.6. The molecule has 0 unspecified atom stereocenters. The van der Waals surface area contributed by atoms with E-state index in [1.54, 1.807) is 0 Å². The smallest absolute Gasteiger partial charge is 0.119 e. The maximum atomic E-state index is 5.80. The van der Waals surface area contributed by atoms with Gasteiger partial charge in [0.05, 0.1) is 5.54 Å². The SMILES string of the molecule is C=Cc1ccc(COc2ccc(/C=N/C(C)(C)C)cc2)cc1. The fourth-order valence-electron chi connectivity index (χ4n) is 1.83. The van der Waals surface area contributed by atoms with E-state index < -0.39 is 0 Å². The lowest BCUT2D eigenvalue weighted by molar-refractivity contribution is 0.306. The lowest BCUT2D eigenvalue weighted by Gasteiger charge is -2.11. The molecular weight excluding hydrogens is 270 g/mol. The zero-order valence-corrected chi connectivity index (χ0v) is 13.5. The molecule has 0 amide bonds. The molecule has 2 rings (SSSR count). The van der Waals surface area contributed by atoms with Crippen LogP contribution in [-0.4, -0.2) is 11.8 Å². The van der Waals surface area contributed by atoms with Gasteiger partial charge < -0.3 is 4.74 Å². The summed E-state index contributed by atoms with van der Waals surface area (Å²) in [5.74, 6) is 0.862. The first-order valence-corrected chi connectivity index (χ1v) is 7.46. The molecule has 0 atom stereocenters. The third-order valence-corrected chi connectivity index (χ3v) is 3.10. The molecule has 0 saturated heterocycles. The van der Waals surface area contributed by atoms with E-state index in [1.165, 1.54) is 0 Å². The van der Waals surface area contributed by atoms with Crippen LogP contribution in [0.4, 0.5) is 0 Å². The lowest BCUT2D eigenvalue weighted by atomic mass is 10.1. The average Bonchev–Trinajstić information content (AvgIpc) is 2.52. The Bertz CT molecular complexity index is 631. The van der Waals surface area contributed by atoms with Crippen LogP contribution in [0.15, 0.2) is 60.1 Å². The van der Waals surface area contributed by atoms with Crippen molar-refractivity contribution in [3.8, 4) is 5.75 Å². The van der Waals surface area contributed by atoms with Crippen LogP contribution in [0.25, 0.3) is 6.08 Å². The van der Waals surface area contributed by atoms with Gasteiger partial charge in [0.1, 0.15) is 12.4 Å². The molecule has 0 fully saturated rings. The third-order valence-electron chi connectivity index (χ3n) is 3.10. The van der Waals surface area contributed by atoms with Crippen molar-refractivity contribution >= 4 is 12.3 Å². The van der Waals surface area contributed by atoms with E-state index in [0.717, 1.165) is 22.4 Å². The fourth-order valence-corrected chi connectivity index (χ4v) is 1.83. The summed E-state index contributed by atoms with van der Waals surface area (Å²) in [6.07, 6.45) is 3.74. The Hall–Kier alpha value is -2.35. The summed E-state index contributed by atoms with van der Waals surface area (Å²) in [5, 5.41) is 0. The van der Waals surface area contributed by atoms with Gasteiger partial charge >= 0.3 is 0 Å².